The Morgan fingerprint density at radius 3 is 2.52 bits per heavy atom. The molecule has 3 rings (SSSR count). The van der Waals surface area contributed by atoms with Crippen LogP contribution in [-0.2, 0) is 12.0 Å². The highest BCUT2D eigenvalue weighted by Gasteiger charge is 2.28. The van der Waals surface area contributed by atoms with Gasteiger partial charge in [-0.25, -0.2) is 0 Å². The number of nitrogens with zero attached hydrogens (tertiary/aromatic N) is 5. The van der Waals surface area contributed by atoms with Crippen LogP contribution in [0.25, 0.3) is 0 Å². The summed E-state index contributed by atoms with van der Waals surface area (Å²) in [6, 6.07) is 6.83. The molecular weight excluding hydrogens is 451 g/mol. The minimum atomic E-state index is -4.32. The van der Waals surface area contributed by atoms with Gasteiger partial charge in [-0.15, -0.1) is 11.3 Å². The molecule has 0 bridgehead atoms. The van der Waals surface area contributed by atoms with Gasteiger partial charge in [0, 0.05) is 17.6 Å². The second-order valence-electron chi connectivity index (χ2n) is 8.83. The lowest BCUT2D eigenvalue weighted by molar-refractivity contribution is -0.136. The van der Waals surface area contributed by atoms with Gasteiger partial charge in [-0.3, -0.25) is 0 Å². The highest BCUT2D eigenvalue weighted by molar-refractivity contribution is 7.09. The van der Waals surface area contributed by atoms with E-state index < -0.39 is 12.6 Å². The number of amidine groups is 1. The molecular formula is C23H24F3N5OS. The predicted octanol–water partition coefficient (Wildman–Crippen LogP) is 5.43. The van der Waals surface area contributed by atoms with Crippen LogP contribution in [0.1, 0.15) is 62.5 Å². The summed E-state index contributed by atoms with van der Waals surface area (Å²) in [5, 5.41) is 18.6. The number of aliphatic imine (C=N–C) groups is 1. The van der Waals surface area contributed by atoms with E-state index in [0.29, 0.717) is 16.9 Å². The van der Waals surface area contributed by atoms with Gasteiger partial charge in [0.1, 0.15) is 5.75 Å². The summed E-state index contributed by atoms with van der Waals surface area (Å²) in [7, 11) is 0. The van der Waals surface area contributed by atoms with Gasteiger partial charge in [-0.2, -0.15) is 33.7 Å². The lowest BCUT2D eigenvalue weighted by Crippen LogP contribution is -2.25. The predicted molar refractivity (Wildman–Crippen MR) is 119 cm³/mol. The highest BCUT2D eigenvalue weighted by atomic mass is 32.1. The molecule has 6 nitrogen and oxygen atoms in total. The van der Waals surface area contributed by atoms with Gasteiger partial charge in [0.2, 0.25) is 6.19 Å². The Hall–Kier alpha value is -3.11. The SMILES string of the molecule is CC(C)(C)c1cn(CCC(F)(F)F)c(=NC(=NC#N)c2cc(C#N)ccc2OC2CCC2)s1. The largest absolute Gasteiger partial charge is 0.490 e. The Bertz CT molecular complexity index is 1180. The molecule has 0 amide bonds. The van der Waals surface area contributed by atoms with E-state index in [9.17, 15) is 23.7 Å². The fraction of sp³-hybridized carbons (Fsp3) is 0.478. The molecule has 0 atom stereocenters. The Labute approximate surface area is 194 Å². The number of hydrogen-bond donors (Lipinski definition) is 0. The number of alkyl halides is 3. The lowest BCUT2D eigenvalue weighted by atomic mass is 9.95. The molecule has 1 aromatic carbocycles. The molecule has 1 heterocycles. The molecule has 1 aromatic heterocycles. The fourth-order valence-electron chi connectivity index (χ4n) is 3.05. The molecule has 2 aromatic rings. The molecule has 33 heavy (non-hydrogen) atoms. The summed E-state index contributed by atoms with van der Waals surface area (Å²) in [5.41, 5.74) is 0.387. The summed E-state index contributed by atoms with van der Waals surface area (Å²) in [6.45, 7) is 5.57. The van der Waals surface area contributed by atoms with Gasteiger partial charge in [0.25, 0.3) is 0 Å². The summed E-state index contributed by atoms with van der Waals surface area (Å²) < 4.78 is 46.2. The van der Waals surface area contributed by atoms with E-state index in [2.05, 4.69) is 9.98 Å². The van der Waals surface area contributed by atoms with E-state index in [-0.39, 0.29) is 28.7 Å². The number of hydrogen-bond acceptors (Lipinski definition) is 5. The van der Waals surface area contributed by atoms with Crippen molar-refractivity contribution in [3.8, 4) is 18.0 Å². The summed E-state index contributed by atoms with van der Waals surface area (Å²) >= 11 is 1.24. The van der Waals surface area contributed by atoms with Crippen LogP contribution in [-0.4, -0.2) is 22.7 Å². The van der Waals surface area contributed by atoms with Crippen molar-refractivity contribution in [1.29, 1.82) is 10.5 Å². The van der Waals surface area contributed by atoms with Crippen LogP contribution < -0.4 is 9.54 Å². The molecule has 174 valence electrons. The van der Waals surface area contributed by atoms with Crippen LogP contribution in [0.5, 0.6) is 5.75 Å². The van der Waals surface area contributed by atoms with Crippen molar-refractivity contribution in [3.05, 3.63) is 45.2 Å². The third kappa shape index (κ3) is 6.45. The van der Waals surface area contributed by atoms with Gasteiger partial charge in [0.15, 0.2) is 10.6 Å². The van der Waals surface area contributed by atoms with E-state index >= 15 is 0 Å². The Balaban J connectivity index is 2.12. The van der Waals surface area contributed by atoms with Crippen LogP contribution >= 0.6 is 11.3 Å². The normalized spacial score (nSPS) is 15.6. The summed E-state index contributed by atoms with van der Waals surface area (Å²) in [5.74, 6) is 0.429. The van der Waals surface area contributed by atoms with Crippen LogP contribution in [0.2, 0.25) is 0 Å². The van der Waals surface area contributed by atoms with Crippen molar-refractivity contribution < 1.29 is 17.9 Å². The van der Waals surface area contributed by atoms with Crippen molar-refractivity contribution >= 4 is 17.2 Å². The minimum Gasteiger partial charge on any atom is -0.490 e. The first kappa shape index (κ1) is 24.5. The third-order valence-corrected chi connectivity index (χ3v) is 6.59. The van der Waals surface area contributed by atoms with E-state index in [1.54, 1.807) is 24.5 Å². The standard InChI is InChI=1S/C23H24F3N5OS/c1-22(2,3)19-13-31(10-9-23(24,25)26)21(33-19)30-20(29-14-28)17-11-15(12-27)7-8-18(17)32-16-5-4-6-16/h7-8,11,13,16H,4-6,9-10H2,1-3H3. The molecule has 0 saturated heterocycles. The van der Waals surface area contributed by atoms with Crippen LogP contribution in [0.3, 0.4) is 0 Å². The van der Waals surface area contributed by atoms with Gasteiger partial charge >= 0.3 is 6.18 Å². The Morgan fingerprint density at radius 1 is 1.24 bits per heavy atom. The fourth-order valence-corrected chi connectivity index (χ4v) is 4.13. The van der Waals surface area contributed by atoms with Gasteiger partial charge in [-0.1, -0.05) is 20.8 Å². The first-order chi connectivity index (χ1) is 15.5. The highest BCUT2D eigenvalue weighted by Crippen LogP contribution is 2.30. The number of nitriles is 2. The van der Waals surface area contributed by atoms with Gasteiger partial charge < -0.3 is 9.30 Å². The van der Waals surface area contributed by atoms with Crippen molar-refractivity contribution in [2.45, 2.75) is 70.7 Å². The molecule has 1 fully saturated rings. The molecule has 0 aliphatic heterocycles. The average Bonchev–Trinajstić information content (AvgIpc) is 3.11. The number of rotatable bonds is 5. The molecule has 0 radical (unpaired) electrons. The maximum atomic E-state index is 12.9. The number of halogens is 3. The molecule has 0 spiro atoms. The number of aromatic nitrogens is 1. The van der Waals surface area contributed by atoms with E-state index in [0.717, 1.165) is 24.1 Å². The third-order valence-electron chi connectivity index (χ3n) is 5.15. The second kappa shape index (κ2) is 9.80. The quantitative estimate of drug-likeness (QED) is 0.328. The van der Waals surface area contributed by atoms with Crippen LogP contribution in [0.15, 0.2) is 34.4 Å². The van der Waals surface area contributed by atoms with Crippen molar-refractivity contribution in [3.63, 3.8) is 0 Å². The van der Waals surface area contributed by atoms with Crippen molar-refractivity contribution in [1.82, 2.24) is 4.57 Å². The molecule has 1 saturated carbocycles. The van der Waals surface area contributed by atoms with E-state index in [1.165, 1.54) is 22.0 Å². The summed E-state index contributed by atoms with van der Waals surface area (Å²) in [4.78, 5) is 9.46. The van der Waals surface area contributed by atoms with Gasteiger partial charge in [-0.05, 0) is 42.9 Å². The Kier molecular flexibility index (Phi) is 7.28. The van der Waals surface area contributed by atoms with E-state index in [4.69, 9.17) is 4.74 Å². The minimum absolute atomic E-state index is 0.00742. The maximum Gasteiger partial charge on any atom is 0.390 e. The van der Waals surface area contributed by atoms with Crippen LogP contribution in [0, 0.1) is 22.8 Å². The average molecular weight is 476 g/mol. The monoisotopic (exact) mass is 475 g/mol. The first-order valence-electron chi connectivity index (χ1n) is 10.5. The smallest absolute Gasteiger partial charge is 0.390 e. The van der Waals surface area contributed by atoms with Crippen molar-refractivity contribution in [2.24, 2.45) is 9.98 Å². The number of aryl methyl sites for hydroxylation is 1. The van der Waals surface area contributed by atoms with Crippen molar-refractivity contribution in [2.75, 3.05) is 0 Å². The van der Waals surface area contributed by atoms with E-state index in [1.807, 2.05) is 26.8 Å². The molecule has 0 unspecified atom stereocenters. The van der Waals surface area contributed by atoms with Crippen LogP contribution in [0.4, 0.5) is 13.2 Å². The second-order valence-corrected chi connectivity index (χ2v) is 9.84. The Morgan fingerprint density at radius 2 is 1.97 bits per heavy atom. The zero-order chi connectivity index (χ0) is 24.2. The maximum absolute atomic E-state index is 12.9. The molecule has 1 aliphatic rings. The lowest BCUT2D eigenvalue weighted by Gasteiger charge is -2.27. The zero-order valence-corrected chi connectivity index (χ0v) is 19.4. The molecule has 0 N–H and O–H groups in total. The first-order valence-corrected chi connectivity index (χ1v) is 11.3. The number of benzene rings is 1. The zero-order valence-electron chi connectivity index (χ0n) is 18.6. The molecule has 1 aliphatic carbocycles. The molecule has 10 heteroatoms. The topological polar surface area (TPSA) is 86.5 Å². The number of ether oxygens (including phenoxy) is 1. The van der Waals surface area contributed by atoms with Gasteiger partial charge in [0.05, 0.1) is 29.7 Å². The summed E-state index contributed by atoms with van der Waals surface area (Å²) in [6.07, 6.45) is 0.950. The number of thiazole rings is 1.